The lowest BCUT2D eigenvalue weighted by Gasteiger charge is -2.39. The lowest BCUT2D eigenvalue weighted by Crippen LogP contribution is -2.45. The first kappa shape index (κ1) is 21.9. The fourth-order valence-electron chi connectivity index (χ4n) is 4.04. The van der Waals surface area contributed by atoms with E-state index in [1.807, 2.05) is 25.4 Å². The van der Waals surface area contributed by atoms with Crippen molar-refractivity contribution in [3.63, 3.8) is 0 Å². The van der Waals surface area contributed by atoms with Gasteiger partial charge in [0.1, 0.15) is 6.33 Å². The Hall–Kier alpha value is -4.62. The van der Waals surface area contributed by atoms with Crippen LogP contribution in [0.25, 0.3) is 5.65 Å². The van der Waals surface area contributed by atoms with Gasteiger partial charge in [0.05, 0.1) is 23.5 Å². The van der Waals surface area contributed by atoms with Crippen LogP contribution in [0.4, 0.5) is 23.1 Å². The number of pyridine rings is 1. The molecule has 0 bridgehead atoms. The van der Waals surface area contributed by atoms with Gasteiger partial charge in [-0.3, -0.25) is 14.3 Å². The molecule has 0 radical (unpaired) electrons. The summed E-state index contributed by atoms with van der Waals surface area (Å²) in [7, 11) is 3.37. The maximum atomic E-state index is 12.3. The predicted molar refractivity (Wildman–Crippen MR) is 129 cm³/mol. The molecule has 1 saturated heterocycles. The molecule has 4 aromatic heterocycles. The van der Waals surface area contributed by atoms with Crippen molar-refractivity contribution >= 4 is 40.6 Å². The highest BCUT2D eigenvalue weighted by molar-refractivity contribution is 5.99. The molecule has 4 aromatic rings. The third-order valence-electron chi connectivity index (χ3n) is 6.23. The molecule has 1 aliphatic carbocycles. The molecule has 14 heteroatoms. The van der Waals surface area contributed by atoms with E-state index in [2.05, 4.69) is 51.2 Å². The largest absolute Gasteiger partial charge is 0.369 e. The average molecular weight is 489 g/mol. The molecular formula is C22H24N12O2. The minimum Gasteiger partial charge on any atom is -0.369 e. The van der Waals surface area contributed by atoms with Crippen LogP contribution >= 0.6 is 0 Å². The Morgan fingerprint density at radius 1 is 1.11 bits per heavy atom. The summed E-state index contributed by atoms with van der Waals surface area (Å²) < 4.78 is 3.39. The Balaban J connectivity index is 1.21. The van der Waals surface area contributed by atoms with E-state index in [4.69, 9.17) is 0 Å². The number of carbonyl (C=O) groups excluding carboxylic acids is 2. The van der Waals surface area contributed by atoms with E-state index in [-0.39, 0.29) is 29.3 Å². The molecular weight excluding hydrogens is 464 g/mol. The Bertz CT molecular complexity index is 1470. The van der Waals surface area contributed by atoms with Gasteiger partial charge in [-0.2, -0.15) is 10.1 Å². The zero-order valence-electron chi connectivity index (χ0n) is 19.7. The molecule has 0 unspecified atom stereocenters. The van der Waals surface area contributed by atoms with Crippen LogP contribution in [0.1, 0.15) is 35.1 Å². The van der Waals surface area contributed by atoms with E-state index in [0.717, 1.165) is 37.4 Å². The fourth-order valence-corrected chi connectivity index (χ4v) is 4.04. The molecule has 1 saturated carbocycles. The molecule has 0 spiro atoms. The second kappa shape index (κ2) is 8.55. The fraction of sp³-hybridized carbons (Fsp3) is 0.364. The smallest absolute Gasteiger partial charge is 0.273 e. The summed E-state index contributed by atoms with van der Waals surface area (Å²) in [6.45, 7) is 1.64. The van der Waals surface area contributed by atoms with Gasteiger partial charge in [-0.05, 0) is 25.0 Å². The highest BCUT2D eigenvalue weighted by atomic mass is 16.2. The molecule has 1 aliphatic heterocycles. The third-order valence-corrected chi connectivity index (χ3v) is 6.23. The Morgan fingerprint density at radius 3 is 2.67 bits per heavy atom. The molecule has 5 heterocycles. The molecule has 14 nitrogen and oxygen atoms in total. The summed E-state index contributed by atoms with van der Waals surface area (Å²) in [4.78, 5) is 35.5. The van der Waals surface area contributed by atoms with Gasteiger partial charge >= 0.3 is 0 Å². The van der Waals surface area contributed by atoms with E-state index < -0.39 is 5.91 Å². The van der Waals surface area contributed by atoms with Gasteiger partial charge < -0.3 is 20.9 Å². The Kier molecular flexibility index (Phi) is 5.20. The van der Waals surface area contributed by atoms with Crippen molar-refractivity contribution in [3.8, 4) is 0 Å². The van der Waals surface area contributed by atoms with Crippen LogP contribution in [0, 0.1) is 5.92 Å². The molecule has 184 valence electrons. The molecule has 0 atom stereocenters. The first-order valence-corrected chi connectivity index (χ1v) is 11.6. The number of nitrogens with one attached hydrogen (secondary N) is 3. The van der Waals surface area contributed by atoms with Crippen molar-refractivity contribution in [2.75, 3.05) is 35.7 Å². The number of rotatable bonds is 7. The van der Waals surface area contributed by atoms with Crippen LogP contribution in [0.3, 0.4) is 0 Å². The van der Waals surface area contributed by atoms with Gasteiger partial charge in [0.25, 0.3) is 5.91 Å². The second-order valence-corrected chi connectivity index (χ2v) is 8.96. The number of fused-ring (bicyclic) bond motifs is 1. The van der Waals surface area contributed by atoms with Gasteiger partial charge in [0.2, 0.25) is 11.9 Å². The molecule has 6 rings (SSSR count). The summed E-state index contributed by atoms with van der Waals surface area (Å²) in [5.41, 5.74) is 2.04. The van der Waals surface area contributed by atoms with Gasteiger partial charge in [0.15, 0.2) is 23.0 Å². The van der Waals surface area contributed by atoms with Crippen LogP contribution in [0.5, 0.6) is 0 Å². The lowest BCUT2D eigenvalue weighted by molar-refractivity contribution is -0.117. The van der Waals surface area contributed by atoms with Crippen molar-refractivity contribution in [1.82, 2.24) is 44.9 Å². The average Bonchev–Trinajstić information content (AvgIpc) is 3.49. The van der Waals surface area contributed by atoms with E-state index in [0.29, 0.717) is 17.3 Å². The number of aryl methyl sites for hydroxylation is 1. The predicted octanol–water partition coefficient (Wildman–Crippen LogP) is 0.703. The van der Waals surface area contributed by atoms with Crippen LogP contribution in [-0.4, -0.2) is 71.5 Å². The number of aromatic nitrogens is 8. The molecule has 36 heavy (non-hydrogen) atoms. The quantitative estimate of drug-likeness (QED) is 0.338. The van der Waals surface area contributed by atoms with Crippen molar-refractivity contribution in [3.05, 3.63) is 42.2 Å². The minimum absolute atomic E-state index is 0.0121. The lowest BCUT2D eigenvalue weighted by atomic mass is 9.99. The monoisotopic (exact) mass is 488 g/mol. The summed E-state index contributed by atoms with van der Waals surface area (Å²) >= 11 is 0. The van der Waals surface area contributed by atoms with E-state index >= 15 is 0 Å². The zero-order chi connectivity index (χ0) is 24.8. The van der Waals surface area contributed by atoms with Gasteiger partial charge in [-0.25, -0.2) is 9.50 Å². The van der Waals surface area contributed by atoms with Crippen molar-refractivity contribution in [1.29, 1.82) is 0 Å². The number of carbonyl (C=O) groups is 2. The normalized spacial score (nSPS) is 15.6. The van der Waals surface area contributed by atoms with Crippen LogP contribution in [-0.2, 0) is 11.8 Å². The molecule has 2 aliphatic rings. The van der Waals surface area contributed by atoms with Crippen LogP contribution in [0.2, 0.25) is 0 Å². The summed E-state index contributed by atoms with van der Waals surface area (Å²) in [6, 6.07) is 5.43. The van der Waals surface area contributed by atoms with E-state index in [1.54, 1.807) is 21.6 Å². The molecule has 3 N–H and O–H groups in total. The van der Waals surface area contributed by atoms with Crippen molar-refractivity contribution < 1.29 is 9.59 Å². The number of nitrogens with zero attached hydrogens (tertiary/aromatic N) is 9. The Labute approximate surface area is 205 Å². The van der Waals surface area contributed by atoms with E-state index in [9.17, 15) is 9.59 Å². The maximum absolute atomic E-state index is 12.3. The summed E-state index contributed by atoms with van der Waals surface area (Å²) in [6.07, 6.45) is 5.35. The maximum Gasteiger partial charge on any atom is 0.273 e. The summed E-state index contributed by atoms with van der Waals surface area (Å²) in [5, 5.41) is 25.2. The topological polar surface area (TPSA) is 160 Å². The first-order valence-electron chi connectivity index (χ1n) is 11.6. The summed E-state index contributed by atoms with van der Waals surface area (Å²) in [5.74, 6) is 1.17. The van der Waals surface area contributed by atoms with E-state index in [1.165, 1.54) is 7.05 Å². The van der Waals surface area contributed by atoms with Gasteiger partial charge in [0, 0.05) is 39.2 Å². The highest BCUT2D eigenvalue weighted by Gasteiger charge is 2.32. The number of amides is 2. The van der Waals surface area contributed by atoms with Gasteiger partial charge in [-0.1, -0.05) is 0 Å². The third kappa shape index (κ3) is 4.16. The standard InChI is InChI=1S/C22H24N12O2/c1-23-21(36)18-15(7-16(28-29-18)26-20(35)12-3-4-12)25-22-27-17-6-5-14(10-34(17)31-22)33-8-13(9-33)19-24-11-32(2)30-19/h5-7,10-13H,3-4,8-9H2,1-2H3,(H,23,36)(H2,25,26,28,31,35). The SMILES string of the molecule is CNC(=O)c1nnc(NC(=O)C2CC2)cc1Nc1nc2ccc(N3CC(c4ncn(C)n4)C3)cn2n1. The van der Waals surface area contributed by atoms with Crippen molar-refractivity contribution in [2.24, 2.45) is 13.0 Å². The highest BCUT2D eigenvalue weighted by Crippen LogP contribution is 2.31. The number of hydrogen-bond acceptors (Lipinski definition) is 10. The number of anilines is 4. The van der Waals surface area contributed by atoms with Crippen molar-refractivity contribution in [2.45, 2.75) is 18.8 Å². The van der Waals surface area contributed by atoms with Crippen LogP contribution < -0.4 is 20.9 Å². The number of hydrogen-bond donors (Lipinski definition) is 3. The first-order chi connectivity index (χ1) is 17.5. The Morgan fingerprint density at radius 2 is 1.94 bits per heavy atom. The molecule has 2 fully saturated rings. The zero-order valence-corrected chi connectivity index (χ0v) is 19.7. The van der Waals surface area contributed by atoms with Crippen LogP contribution in [0.15, 0.2) is 30.7 Å². The minimum atomic E-state index is -0.425. The second-order valence-electron chi connectivity index (χ2n) is 8.96. The molecule has 2 amide bonds. The molecule has 0 aromatic carbocycles. The van der Waals surface area contributed by atoms with Gasteiger partial charge in [-0.15, -0.1) is 15.3 Å².